The molecule has 1 N–H and O–H groups in total. The summed E-state index contributed by atoms with van der Waals surface area (Å²) in [5.74, 6) is 0.157. The third-order valence-corrected chi connectivity index (χ3v) is 2.22. The van der Waals surface area contributed by atoms with Gasteiger partial charge in [-0.05, 0) is 13.2 Å². The summed E-state index contributed by atoms with van der Waals surface area (Å²) in [6.45, 7) is 4.72. The molecule has 10 heavy (non-hydrogen) atoms. The zero-order chi connectivity index (χ0) is 7.98. The Bertz CT molecular complexity index is 106. The van der Waals surface area contributed by atoms with Crippen molar-refractivity contribution >= 4 is 17.7 Å². The number of hydrogen-bond donors (Lipinski definition) is 1. The average Bonchev–Trinajstić information content (AvgIpc) is 1.88. The van der Waals surface area contributed by atoms with Crippen LogP contribution < -0.4 is 5.32 Å². The molecule has 0 aliphatic rings. The molecule has 0 saturated carbocycles. The van der Waals surface area contributed by atoms with E-state index in [2.05, 4.69) is 12.2 Å². The van der Waals surface area contributed by atoms with Crippen molar-refractivity contribution in [2.45, 2.75) is 25.5 Å². The number of carbonyl (C=O) groups is 1. The molecular formula is C7H15NOS. The Balaban J connectivity index is 3.37. The minimum absolute atomic E-state index is 0.157. The van der Waals surface area contributed by atoms with E-state index in [9.17, 15) is 4.79 Å². The maximum absolute atomic E-state index is 10.9. The van der Waals surface area contributed by atoms with Gasteiger partial charge in [0.25, 0.3) is 0 Å². The van der Waals surface area contributed by atoms with E-state index in [4.69, 9.17) is 0 Å². The average molecular weight is 161 g/mol. The summed E-state index contributed by atoms with van der Waals surface area (Å²) in [6, 6.07) is 0. The van der Waals surface area contributed by atoms with Gasteiger partial charge in [-0.1, -0.05) is 6.92 Å². The van der Waals surface area contributed by atoms with Crippen LogP contribution in [-0.2, 0) is 4.79 Å². The SMILES string of the molecule is CCNC(=O)CC(C)SC. The number of amides is 1. The second-order valence-electron chi connectivity index (χ2n) is 2.20. The first kappa shape index (κ1) is 9.82. The first-order valence-corrected chi connectivity index (χ1v) is 4.79. The van der Waals surface area contributed by atoms with E-state index in [1.807, 2.05) is 13.2 Å². The second kappa shape index (κ2) is 5.59. The normalized spacial score (nSPS) is 12.7. The van der Waals surface area contributed by atoms with Crippen molar-refractivity contribution in [3.05, 3.63) is 0 Å². The fourth-order valence-corrected chi connectivity index (χ4v) is 0.932. The van der Waals surface area contributed by atoms with Gasteiger partial charge in [0.05, 0.1) is 0 Å². The third-order valence-electron chi connectivity index (χ3n) is 1.25. The van der Waals surface area contributed by atoms with Gasteiger partial charge in [-0.2, -0.15) is 11.8 Å². The summed E-state index contributed by atoms with van der Waals surface area (Å²) in [6.07, 6.45) is 2.65. The molecule has 2 nitrogen and oxygen atoms in total. The number of carbonyl (C=O) groups excluding carboxylic acids is 1. The van der Waals surface area contributed by atoms with E-state index in [0.717, 1.165) is 6.54 Å². The van der Waals surface area contributed by atoms with E-state index in [-0.39, 0.29) is 5.91 Å². The van der Waals surface area contributed by atoms with Crippen LogP contribution in [0.4, 0.5) is 0 Å². The monoisotopic (exact) mass is 161 g/mol. The Hall–Kier alpha value is -0.180. The van der Waals surface area contributed by atoms with Crippen molar-refractivity contribution in [1.29, 1.82) is 0 Å². The number of rotatable bonds is 4. The Morgan fingerprint density at radius 1 is 1.70 bits per heavy atom. The molecule has 3 heteroatoms. The van der Waals surface area contributed by atoms with Gasteiger partial charge in [0, 0.05) is 18.2 Å². The lowest BCUT2D eigenvalue weighted by Gasteiger charge is -2.06. The van der Waals surface area contributed by atoms with Crippen molar-refractivity contribution in [3.63, 3.8) is 0 Å². The van der Waals surface area contributed by atoms with Gasteiger partial charge in [-0.25, -0.2) is 0 Å². The molecule has 0 rings (SSSR count). The van der Waals surface area contributed by atoms with Crippen molar-refractivity contribution in [2.24, 2.45) is 0 Å². The third kappa shape index (κ3) is 4.68. The summed E-state index contributed by atoms with van der Waals surface area (Å²) >= 11 is 1.72. The molecule has 0 heterocycles. The molecule has 0 aliphatic heterocycles. The van der Waals surface area contributed by atoms with E-state index >= 15 is 0 Å². The molecular weight excluding hydrogens is 146 g/mol. The Labute approximate surface area is 66.8 Å². The smallest absolute Gasteiger partial charge is 0.221 e. The molecule has 0 aromatic heterocycles. The summed E-state index contributed by atoms with van der Waals surface area (Å²) in [5, 5.41) is 3.20. The van der Waals surface area contributed by atoms with Crippen molar-refractivity contribution in [1.82, 2.24) is 5.32 Å². The lowest BCUT2D eigenvalue weighted by molar-refractivity contribution is -0.120. The van der Waals surface area contributed by atoms with Crippen LogP contribution in [0.5, 0.6) is 0 Å². The van der Waals surface area contributed by atoms with Crippen LogP contribution in [0.15, 0.2) is 0 Å². The van der Waals surface area contributed by atoms with Gasteiger partial charge in [0.2, 0.25) is 5.91 Å². The summed E-state index contributed by atoms with van der Waals surface area (Å²) in [7, 11) is 0. The van der Waals surface area contributed by atoms with Crippen LogP contribution in [0.1, 0.15) is 20.3 Å². The second-order valence-corrected chi connectivity index (χ2v) is 3.48. The quantitative estimate of drug-likeness (QED) is 0.672. The zero-order valence-corrected chi connectivity index (χ0v) is 7.62. The molecule has 60 valence electrons. The first-order valence-electron chi connectivity index (χ1n) is 3.50. The molecule has 0 spiro atoms. The van der Waals surface area contributed by atoms with Crippen LogP contribution in [0.25, 0.3) is 0 Å². The van der Waals surface area contributed by atoms with Gasteiger partial charge in [-0.3, -0.25) is 4.79 Å². The fraction of sp³-hybridized carbons (Fsp3) is 0.857. The molecule has 1 amide bonds. The minimum atomic E-state index is 0.157. The van der Waals surface area contributed by atoms with E-state index in [0.29, 0.717) is 11.7 Å². The molecule has 0 radical (unpaired) electrons. The molecule has 0 aromatic rings. The number of thioether (sulfide) groups is 1. The largest absolute Gasteiger partial charge is 0.356 e. The lowest BCUT2D eigenvalue weighted by Crippen LogP contribution is -2.24. The standard InChI is InChI=1S/C7H15NOS/c1-4-8-7(9)5-6(2)10-3/h6H,4-5H2,1-3H3,(H,8,9). The highest BCUT2D eigenvalue weighted by Crippen LogP contribution is 2.08. The topological polar surface area (TPSA) is 29.1 Å². The highest BCUT2D eigenvalue weighted by molar-refractivity contribution is 7.99. The number of nitrogens with one attached hydrogen (secondary N) is 1. The maximum atomic E-state index is 10.9. The van der Waals surface area contributed by atoms with Gasteiger partial charge >= 0.3 is 0 Å². The summed E-state index contributed by atoms with van der Waals surface area (Å²) in [4.78, 5) is 10.9. The van der Waals surface area contributed by atoms with Crippen LogP contribution in [0.2, 0.25) is 0 Å². The van der Waals surface area contributed by atoms with Crippen LogP contribution >= 0.6 is 11.8 Å². The van der Waals surface area contributed by atoms with Gasteiger partial charge in [-0.15, -0.1) is 0 Å². The molecule has 0 saturated heterocycles. The van der Waals surface area contributed by atoms with Gasteiger partial charge in [0.15, 0.2) is 0 Å². The number of hydrogen-bond acceptors (Lipinski definition) is 2. The molecule has 0 fully saturated rings. The highest BCUT2D eigenvalue weighted by Gasteiger charge is 2.04. The lowest BCUT2D eigenvalue weighted by atomic mass is 10.3. The van der Waals surface area contributed by atoms with E-state index in [1.165, 1.54) is 0 Å². The van der Waals surface area contributed by atoms with Crippen molar-refractivity contribution in [3.8, 4) is 0 Å². The Kier molecular flexibility index (Phi) is 5.49. The van der Waals surface area contributed by atoms with Crippen LogP contribution in [0.3, 0.4) is 0 Å². The van der Waals surface area contributed by atoms with Crippen LogP contribution in [-0.4, -0.2) is 24.0 Å². The molecule has 1 atom stereocenters. The fourth-order valence-electron chi connectivity index (χ4n) is 0.614. The first-order chi connectivity index (χ1) is 4.70. The Morgan fingerprint density at radius 2 is 2.30 bits per heavy atom. The summed E-state index contributed by atoms with van der Waals surface area (Å²) < 4.78 is 0. The maximum Gasteiger partial charge on any atom is 0.221 e. The van der Waals surface area contributed by atoms with Crippen molar-refractivity contribution in [2.75, 3.05) is 12.8 Å². The van der Waals surface area contributed by atoms with Crippen LogP contribution in [0, 0.1) is 0 Å². The van der Waals surface area contributed by atoms with Gasteiger partial charge < -0.3 is 5.32 Å². The summed E-state index contributed by atoms with van der Waals surface area (Å²) in [5.41, 5.74) is 0. The van der Waals surface area contributed by atoms with Crippen molar-refractivity contribution < 1.29 is 4.79 Å². The zero-order valence-electron chi connectivity index (χ0n) is 6.81. The molecule has 1 unspecified atom stereocenters. The molecule has 0 aliphatic carbocycles. The van der Waals surface area contributed by atoms with E-state index < -0.39 is 0 Å². The van der Waals surface area contributed by atoms with E-state index in [1.54, 1.807) is 11.8 Å². The molecule has 0 bridgehead atoms. The predicted molar refractivity (Wildman–Crippen MR) is 46.3 cm³/mol. The highest BCUT2D eigenvalue weighted by atomic mass is 32.2. The molecule has 0 aromatic carbocycles. The van der Waals surface area contributed by atoms with Gasteiger partial charge in [0.1, 0.15) is 0 Å². The predicted octanol–water partition coefficient (Wildman–Crippen LogP) is 1.26. The Morgan fingerprint density at radius 3 is 2.70 bits per heavy atom. The minimum Gasteiger partial charge on any atom is -0.356 e.